The molecule has 2 aromatic carbocycles. The van der Waals surface area contributed by atoms with E-state index in [0.29, 0.717) is 16.5 Å². The molecular weight excluding hydrogens is 448 g/mol. The van der Waals surface area contributed by atoms with Gasteiger partial charge in [0.05, 0.1) is 11.4 Å². The van der Waals surface area contributed by atoms with Crippen LogP contribution in [0.4, 0.5) is 9.18 Å². The van der Waals surface area contributed by atoms with E-state index < -0.39 is 17.0 Å². The van der Waals surface area contributed by atoms with E-state index in [1.54, 1.807) is 24.3 Å². The first-order chi connectivity index (χ1) is 14.3. The number of halogens is 3. The molecule has 1 saturated heterocycles. The van der Waals surface area contributed by atoms with Crippen molar-refractivity contribution in [3.05, 3.63) is 86.2 Å². The molecule has 30 heavy (non-hydrogen) atoms. The van der Waals surface area contributed by atoms with Crippen LogP contribution >= 0.6 is 35.0 Å². The second kappa shape index (κ2) is 8.30. The standard InChI is InChI=1S/C22H14Cl2FNO3S/c1-12-5-6-13(23)9-15(12)19-8-7-14(29-19)10-20-21(27)26(22(28)30-20)11-16-17(24)3-2-4-18(16)25/h2-10H,11H2,1H3/b20-10-. The lowest BCUT2D eigenvalue weighted by Gasteiger charge is -2.14. The SMILES string of the molecule is Cc1ccc(Cl)cc1-c1ccc(/C=C2\SC(=O)N(Cc3c(F)cccc3Cl)C2=O)o1. The van der Waals surface area contributed by atoms with Crippen molar-refractivity contribution in [2.75, 3.05) is 0 Å². The second-order valence-electron chi connectivity index (χ2n) is 6.63. The topological polar surface area (TPSA) is 50.5 Å². The molecule has 0 radical (unpaired) electrons. The molecule has 4 rings (SSSR count). The lowest BCUT2D eigenvalue weighted by atomic mass is 10.1. The number of aryl methyl sites for hydroxylation is 1. The van der Waals surface area contributed by atoms with Gasteiger partial charge in [-0.1, -0.05) is 35.3 Å². The van der Waals surface area contributed by atoms with E-state index in [0.717, 1.165) is 27.8 Å². The molecule has 8 heteroatoms. The predicted molar refractivity (Wildman–Crippen MR) is 117 cm³/mol. The van der Waals surface area contributed by atoms with Gasteiger partial charge in [0.15, 0.2) is 0 Å². The van der Waals surface area contributed by atoms with Gasteiger partial charge in [0.25, 0.3) is 11.1 Å². The molecule has 0 unspecified atom stereocenters. The Morgan fingerprint density at radius 1 is 1.13 bits per heavy atom. The molecule has 152 valence electrons. The molecule has 0 spiro atoms. The Balaban J connectivity index is 1.58. The molecule has 0 bridgehead atoms. The number of rotatable bonds is 4. The van der Waals surface area contributed by atoms with Gasteiger partial charge in [-0.15, -0.1) is 0 Å². The highest BCUT2D eigenvalue weighted by Gasteiger charge is 2.36. The van der Waals surface area contributed by atoms with Crippen LogP contribution in [0.25, 0.3) is 17.4 Å². The number of imide groups is 1. The zero-order valence-corrected chi connectivity index (χ0v) is 17.9. The largest absolute Gasteiger partial charge is 0.457 e. The quantitative estimate of drug-likeness (QED) is 0.394. The summed E-state index contributed by atoms with van der Waals surface area (Å²) in [5.41, 5.74) is 1.92. The number of hydrogen-bond acceptors (Lipinski definition) is 4. The Kier molecular flexibility index (Phi) is 5.73. The fraction of sp³-hybridized carbons (Fsp3) is 0.0909. The smallest absolute Gasteiger partial charge is 0.293 e. The maximum absolute atomic E-state index is 14.0. The van der Waals surface area contributed by atoms with Gasteiger partial charge in [0.2, 0.25) is 0 Å². The minimum absolute atomic E-state index is 0.0967. The summed E-state index contributed by atoms with van der Waals surface area (Å²) in [5, 5.41) is 0.245. The van der Waals surface area contributed by atoms with Crippen molar-refractivity contribution < 1.29 is 18.4 Å². The van der Waals surface area contributed by atoms with Crippen molar-refractivity contribution in [3.8, 4) is 11.3 Å². The predicted octanol–water partition coefficient (Wildman–Crippen LogP) is 6.94. The van der Waals surface area contributed by atoms with Crippen LogP contribution in [0.15, 0.2) is 57.9 Å². The number of thioether (sulfide) groups is 1. The van der Waals surface area contributed by atoms with E-state index in [1.807, 2.05) is 13.0 Å². The third kappa shape index (κ3) is 4.03. The molecule has 1 aromatic heterocycles. The van der Waals surface area contributed by atoms with E-state index in [2.05, 4.69) is 0 Å². The molecule has 1 aliphatic rings. The average molecular weight is 462 g/mol. The minimum Gasteiger partial charge on any atom is -0.457 e. The number of amides is 2. The van der Waals surface area contributed by atoms with Gasteiger partial charge >= 0.3 is 0 Å². The highest BCUT2D eigenvalue weighted by atomic mass is 35.5. The van der Waals surface area contributed by atoms with Crippen molar-refractivity contribution in [3.63, 3.8) is 0 Å². The molecule has 4 nitrogen and oxygen atoms in total. The zero-order valence-electron chi connectivity index (χ0n) is 15.6. The Bertz CT molecular complexity index is 1180. The third-order valence-corrected chi connectivity index (χ3v) is 6.11. The number of furan rings is 1. The first-order valence-corrected chi connectivity index (χ1v) is 10.5. The van der Waals surface area contributed by atoms with E-state index in [-0.39, 0.29) is 22.0 Å². The summed E-state index contributed by atoms with van der Waals surface area (Å²) in [5.74, 6) is -0.0864. The fourth-order valence-corrected chi connectivity index (χ4v) is 4.26. The second-order valence-corrected chi connectivity index (χ2v) is 8.47. The molecule has 1 aliphatic heterocycles. The van der Waals surface area contributed by atoms with Gasteiger partial charge in [0, 0.05) is 27.2 Å². The van der Waals surface area contributed by atoms with Crippen molar-refractivity contribution in [1.82, 2.24) is 4.90 Å². The van der Waals surface area contributed by atoms with Crippen LogP contribution in [-0.2, 0) is 11.3 Å². The van der Waals surface area contributed by atoms with Gasteiger partial charge in [-0.3, -0.25) is 14.5 Å². The molecule has 0 atom stereocenters. The Labute approximate surface area is 186 Å². The average Bonchev–Trinajstić information content (AvgIpc) is 3.26. The molecular formula is C22H14Cl2FNO3S. The zero-order chi connectivity index (χ0) is 21.4. The van der Waals surface area contributed by atoms with Crippen LogP contribution in [0, 0.1) is 12.7 Å². The number of carbonyl (C=O) groups excluding carboxylic acids is 2. The van der Waals surface area contributed by atoms with Crippen LogP contribution in [0.2, 0.25) is 10.0 Å². The minimum atomic E-state index is -0.571. The van der Waals surface area contributed by atoms with Gasteiger partial charge in [-0.25, -0.2) is 4.39 Å². The van der Waals surface area contributed by atoms with Gasteiger partial charge in [-0.2, -0.15) is 0 Å². The maximum Gasteiger partial charge on any atom is 0.293 e. The number of benzene rings is 2. The van der Waals surface area contributed by atoms with E-state index >= 15 is 0 Å². The van der Waals surface area contributed by atoms with Gasteiger partial charge in [-0.05, 0) is 60.6 Å². The third-order valence-electron chi connectivity index (χ3n) is 4.62. The molecule has 0 N–H and O–H groups in total. The number of hydrogen-bond donors (Lipinski definition) is 0. The summed E-state index contributed by atoms with van der Waals surface area (Å²) >= 11 is 12.9. The van der Waals surface area contributed by atoms with E-state index in [4.69, 9.17) is 27.6 Å². The molecule has 1 fully saturated rings. The van der Waals surface area contributed by atoms with E-state index in [1.165, 1.54) is 24.3 Å². The van der Waals surface area contributed by atoms with Crippen molar-refractivity contribution in [1.29, 1.82) is 0 Å². The monoisotopic (exact) mass is 461 g/mol. The van der Waals surface area contributed by atoms with Gasteiger partial charge < -0.3 is 4.42 Å². The summed E-state index contributed by atoms with van der Waals surface area (Å²) < 4.78 is 19.9. The Morgan fingerprint density at radius 2 is 1.93 bits per heavy atom. The molecule has 2 heterocycles. The van der Waals surface area contributed by atoms with Crippen LogP contribution in [0.1, 0.15) is 16.9 Å². The van der Waals surface area contributed by atoms with Crippen LogP contribution in [-0.4, -0.2) is 16.0 Å². The number of carbonyl (C=O) groups is 2. The Morgan fingerprint density at radius 3 is 2.70 bits per heavy atom. The first kappa shape index (κ1) is 20.7. The summed E-state index contributed by atoms with van der Waals surface area (Å²) in [6.07, 6.45) is 1.50. The first-order valence-electron chi connectivity index (χ1n) is 8.88. The summed E-state index contributed by atoms with van der Waals surface area (Å²) in [6, 6.07) is 13.2. The van der Waals surface area contributed by atoms with Crippen LogP contribution in [0.3, 0.4) is 0 Å². The van der Waals surface area contributed by atoms with Crippen molar-refractivity contribution in [2.45, 2.75) is 13.5 Å². The summed E-state index contributed by atoms with van der Waals surface area (Å²) in [7, 11) is 0. The lowest BCUT2D eigenvalue weighted by molar-refractivity contribution is -0.123. The highest BCUT2D eigenvalue weighted by Crippen LogP contribution is 2.36. The highest BCUT2D eigenvalue weighted by molar-refractivity contribution is 8.18. The van der Waals surface area contributed by atoms with Crippen molar-refractivity contribution in [2.24, 2.45) is 0 Å². The van der Waals surface area contributed by atoms with Crippen LogP contribution < -0.4 is 0 Å². The molecule has 0 aliphatic carbocycles. The normalized spacial score (nSPS) is 15.5. The summed E-state index contributed by atoms with van der Waals surface area (Å²) in [6.45, 7) is 1.70. The Hall–Kier alpha value is -2.54. The molecule has 0 saturated carbocycles. The van der Waals surface area contributed by atoms with E-state index in [9.17, 15) is 14.0 Å². The molecule has 3 aromatic rings. The molecule has 2 amide bonds. The van der Waals surface area contributed by atoms with Gasteiger partial charge in [0.1, 0.15) is 17.3 Å². The number of nitrogens with zero attached hydrogens (tertiary/aromatic N) is 1. The lowest BCUT2D eigenvalue weighted by Crippen LogP contribution is -2.28. The maximum atomic E-state index is 14.0. The summed E-state index contributed by atoms with van der Waals surface area (Å²) in [4.78, 5) is 26.2. The van der Waals surface area contributed by atoms with Crippen LogP contribution in [0.5, 0.6) is 0 Å². The fourth-order valence-electron chi connectivity index (χ4n) is 3.04. The van der Waals surface area contributed by atoms with Crippen molar-refractivity contribution >= 4 is 52.2 Å².